The molecule has 0 radical (unpaired) electrons. The molecule has 1 N–H and O–H groups in total. The van der Waals surface area contributed by atoms with E-state index in [1.807, 2.05) is 12.3 Å². The highest BCUT2D eigenvalue weighted by molar-refractivity contribution is 6.29. The van der Waals surface area contributed by atoms with Crippen LogP contribution in [0.25, 0.3) is 0 Å². The molecule has 0 bridgehead atoms. The Morgan fingerprint density at radius 2 is 2.26 bits per heavy atom. The molecule has 1 aromatic rings. The molecule has 1 aromatic heterocycles. The quantitative estimate of drug-likeness (QED) is 0.863. The fourth-order valence-electron chi connectivity index (χ4n) is 3.44. The van der Waals surface area contributed by atoms with Gasteiger partial charge < -0.3 is 5.32 Å². The zero-order valence-electron chi connectivity index (χ0n) is 11.3. The Kier molecular flexibility index (Phi) is 4.36. The predicted octanol–water partition coefficient (Wildman–Crippen LogP) is 2.70. The van der Waals surface area contributed by atoms with Gasteiger partial charge in [0.05, 0.1) is 0 Å². The van der Waals surface area contributed by atoms with Gasteiger partial charge in [-0.1, -0.05) is 17.7 Å². The number of halogens is 1. The van der Waals surface area contributed by atoms with E-state index in [-0.39, 0.29) is 0 Å². The monoisotopic (exact) mass is 279 g/mol. The first-order chi connectivity index (χ1) is 9.31. The molecule has 19 heavy (non-hydrogen) atoms. The molecule has 2 unspecified atom stereocenters. The van der Waals surface area contributed by atoms with Gasteiger partial charge in [0.25, 0.3) is 0 Å². The van der Waals surface area contributed by atoms with Crippen molar-refractivity contribution >= 4 is 11.6 Å². The Bertz CT molecular complexity index is 400. The molecule has 104 valence electrons. The van der Waals surface area contributed by atoms with Crippen LogP contribution in [-0.2, 0) is 6.54 Å². The highest BCUT2D eigenvalue weighted by atomic mass is 35.5. The topological polar surface area (TPSA) is 28.2 Å². The van der Waals surface area contributed by atoms with Crippen LogP contribution in [0.4, 0.5) is 0 Å². The SMILES string of the molecule is Clc1ccc(CN2CCCC(C3CCCN3)C2)cn1. The fourth-order valence-corrected chi connectivity index (χ4v) is 3.55. The lowest BCUT2D eigenvalue weighted by molar-refractivity contribution is 0.145. The van der Waals surface area contributed by atoms with Crippen LogP contribution in [-0.4, -0.2) is 35.6 Å². The van der Waals surface area contributed by atoms with Gasteiger partial charge in [-0.05, 0) is 56.3 Å². The summed E-state index contributed by atoms with van der Waals surface area (Å²) in [5.41, 5.74) is 1.27. The fraction of sp³-hybridized carbons (Fsp3) is 0.667. The second-order valence-electron chi connectivity index (χ2n) is 5.83. The van der Waals surface area contributed by atoms with Crippen LogP contribution in [0.1, 0.15) is 31.2 Å². The van der Waals surface area contributed by atoms with E-state index in [4.69, 9.17) is 11.6 Å². The van der Waals surface area contributed by atoms with Gasteiger partial charge in [0.2, 0.25) is 0 Å². The summed E-state index contributed by atoms with van der Waals surface area (Å²) in [7, 11) is 0. The summed E-state index contributed by atoms with van der Waals surface area (Å²) in [6.45, 7) is 4.65. The summed E-state index contributed by atoms with van der Waals surface area (Å²) in [5, 5.41) is 4.24. The zero-order chi connectivity index (χ0) is 13.1. The maximum atomic E-state index is 5.83. The largest absolute Gasteiger partial charge is 0.314 e. The first kappa shape index (κ1) is 13.3. The van der Waals surface area contributed by atoms with Crippen LogP contribution in [0.5, 0.6) is 0 Å². The molecule has 2 aliphatic rings. The number of nitrogens with zero attached hydrogens (tertiary/aromatic N) is 2. The summed E-state index contributed by atoms with van der Waals surface area (Å²) in [6, 6.07) is 4.73. The summed E-state index contributed by atoms with van der Waals surface area (Å²) in [5.74, 6) is 0.830. The molecule has 2 aliphatic heterocycles. The van der Waals surface area contributed by atoms with Crippen LogP contribution in [0.3, 0.4) is 0 Å². The Balaban J connectivity index is 1.57. The van der Waals surface area contributed by atoms with Crippen molar-refractivity contribution in [2.24, 2.45) is 5.92 Å². The van der Waals surface area contributed by atoms with Gasteiger partial charge >= 0.3 is 0 Å². The van der Waals surface area contributed by atoms with E-state index in [9.17, 15) is 0 Å². The summed E-state index contributed by atoms with van der Waals surface area (Å²) in [6.07, 6.45) is 7.32. The molecule has 0 amide bonds. The number of likely N-dealkylation sites (tertiary alicyclic amines) is 1. The van der Waals surface area contributed by atoms with Gasteiger partial charge in [0.1, 0.15) is 5.15 Å². The molecular weight excluding hydrogens is 258 g/mol. The molecule has 3 heterocycles. The van der Waals surface area contributed by atoms with Gasteiger partial charge in [0, 0.05) is 25.3 Å². The standard InChI is InChI=1S/C15H22ClN3/c16-15-6-5-12(9-18-15)10-19-8-2-3-13(11-19)14-4-1-7-17-14/h5-6,9,13-14,17H,1-4,7-8,10-11H2. The molecule has 4 heteroatoms. The Morgan fingerprint density at radius 1 is 1.32 bits per heavy atom. The van der Waals surface area contributed by atoms with Crippen LogP contribution < -0.4 is 5.32 Å². The highest BCUT2D eigenvalue weighted by Gasteiger charge is 2.28. The van der Waals surface area contributed by atoms with Crippen molar-refractivity contribution in [3.8, 4) is 0 Å². The Morgan fingerprint density at radius 3 is 3.00 bits per heavy atom. The number of pyridine rings is 1. The number of rotatable bonds is 3. The van der Waals surface area contributed by atoms with Gasteiger partial charge in [-0.25, -0.2) is 4.98 Å². The molecular formula is C15H22ClN3. The molecule has 2 atom stereocenters. The van der Waals surface area contributed by atoms with Crippen molar-refractivity contribution in [3.05, 3.63) is 29.0 Å². The molecule has 0 saturated carbocycles. The average molecular weight is 280 g/mol. The molecule has 3 rings (SSSR count). The molecule has 0 spiro atoms. The smallest absolute Gasteiger partial charge is 0.129 e. The van der Waals surface area contributed by atoms with Gasteiger partial charge in [0.15, 0.2) is 0 Å². The van der Waals surface area contributed by atoms with Crippen LogP contribution in [0.15, 0.2) is 18.3 Å². The van der Waals surface area contributed by atoms with Crippen LogP contribution >= 0.6 is 11.6 Å². The third kappa shape index (κ3) is 3.47. The minimum Gasteiger partial charge on any atom is -0.314 e. The third-order valence-corrected chi connectivity index (χ3v) is 4.63. The van der Waals surface area contributed by atoms with Crippen molar-refractivity contribution in [1.29, 1.82) is 0 Å². The van der Waals surface area contributed by atoms with E-state index >= 15 is 0 Å². The molecule has 0 aliphatic carbocycles. The van der Waals surface area contributed by atoms with E-state index in [0.29, 0.717) is 5.15 Å². The lowest BCUT2D eigenvalue weighted by Crippen LogP contribution is -2.43. The van der Waals surface area contributed by atoms with E-state index < -0.39 is 0 Å². The number of hydrogen-bond donors (Lipinski definition) is 1. The van der Waals surface area contributed by atoms with E-state index in [1.165, 1.54) is 50.9 Å². The van der Waals surface area contributed by atoms with E-state index in [1.54, 1.807) is 0 Å². The van der Waals surface area contributed by atoms with Crippen molar-refractivity contribution in [3.63, 3.8) is 0 Å². The zero-order valence-corrected chi connectivity index (χ0v) is 12.1. The second kappa shape index (κ2) is 6.21. The van der Waals surface area contributed by atoms with Crippen molar-refractivity contribution in [1.82, 2.24) is 15.2 Å². The van der Waals surface area contributed by atoms with E-state index in [0.717, 1.165) is 18.5 Å². The number of piperidine rings is 1. The first-order valence-electron chi connectivity index (χ1n) is 7.37. The maximum Gasteiger partial charge on any atom is 0.129 e. The highest BCUT2D eigenvalue weighted by Crippen LogP contribution is 2.25. The second-order valence-corrected chi connectivity index (χ2v) is 6.22. The molecule has 2 saturated heterocycles. The van der Waals surface area contributed by atoms with Crippen LogP contribution in [0.2, 0.25) is 5.15 Å². The Labute approximate surface area is 120 Å². The summed E-state index contributed by atoms with van der Waals surface area (Å²) < 4.78 is 0. The molecule has 3 nitrogen and oxygen atoms in total. The predicted molar refractivity (Wildman–Crippen MR) is 78.3 cm³/mol. The van der Waals surface area contributed by atoms with Crippen molar-refractivity contribution < 1.29 is 0 Å². The van der Waals surface area contributed by atoms with Gasteiger partial charge in [-0.3, -0.25) is 4.90 Å². The Hall–Kier alpha value is -0.640. The number of aromatic nitrogens is 1. The normalized spacial score (nSPS) is 28.7. The average Bonchev–Trinajstić information content (AvgIpc) is 2.96. The molecule has 0 aromatic carbocycles. The summed E-state index contributed by atoms with van der Waals surface area (Å²) >= 11 is 5.83. The third-order valence-electron chi connectivity index (χ3n) is 4.40. The van der Waals surface area contributed by atoms with Crippen LogP contribution in [0, 0.1) is 5.92 Å². The van der Waals surface area contributed by atoms with E-state index in [2.05, 4.69) is 21.3 Å². The summed E-state index contributed by atoms with van der Waals surface area (Å²) in [4.78, 5) is 6.74. The lowest BCUT2D eigenvalue weighted by Gasteiger charge is -2.35. The number of nitrogens with one attached hydrogen (secondary N) is 1. The minimum atomic E-state index is 0.579. The number of hydrogen-bond acceptors (Lipinski definition) is 3. The minimum absolute atomic E-state index is 0.579. The molecule has 2 fully saturated rings. The van der Waals surface area contributed by atoms with Crippen molar-refractivity contribution in [2.75, 3.05) is 19.6 Å². The van der Waals surface area contributed by atoms with Crippen molar-refractivity contribution in [2.45, 2.75) is 38.3 Å². The van der Waals surface area contributed by atoms with Gasteiger partial charge in [-0.2, -0.15) is 0 Å². The van der Waals surface area contributed by atoms with Gasteiger partial charge in [-0.15, -0.1) is 0 Å². The first-order valence-corrected chi connectivity index (χ1v) is 7.75. The maximum absolute atomic E-state index is 5.83. The lowest BCUT2D eigenvalue weighted by atomic mass is 9.89.